The summed E-state index contributed by atoms with van der Waals surface area (Å²) in [5.41, 5.74) is 3.36. The Bertz CT molecular complexity index is 697. The van der Waals surface area contributed by atoms with Gasteiger partial charge in [0.05, 0.1) is 6.17 Å². The van der Waals surface area contributed by atoms with Crippen molar-refractivity contribution < 1.29 is 9.59 Å². The number of nitrogens with one attached hydrogen (secondary N) is 7. The molecular weight excluding hydrogens is 358 g/mol. The maximum atomic E-state index is 12.4. The third-order valence-corrected chi connectivity index (χ3v) is 5.06. The number of urea groups is 1. The van der Waals surface area contributed by atoms with Gasteiger partial charge in [-0.05, 0) is 49.6 Å². The molecule has 3 atom stereocenters. The highest BCUT2D eigenvalue weighted by molar-refractivity contribution is 5.89. The van der Waals surface area contributed by atoms with E-state index in [9.17, 15) is 9.59 Å². The third kappa shape index (κ3) is 5.90. The Kier molecular flexibility index (Phi) is 7.21. The monoisotopic (exact) mass is 389 g/mol. The molecule has 0 saturated carbocycles. The van der Waals surface area contributed by atoms with Crippen LogP contribution in [-0.4, -0.2) is 50.6 Å². The molecule has 1 aromatic rings. The van der Waals surface area contributed by atoms with Crippen LogP contribution in [0.3, 0.4) is 0 Å². The van der Waals surface area contributed by atoms with E-state index in [0.29, 0.717) is 13.0 Å². The predicted octanol–water partition coefficient (Wildman–Crippen LogP) is -0.239. The van der Waals surface area contributed by atoms with E-state index in [-0.39, 0.29) is 30.4 Å². The highest BCUT2D eigenvalue weighted by atomic mass is 16.2. The zero-order chi connectivity index (χ0) is 19.9. The molecule has 28 heavy (non-hydrogen) atoms. The van der Waals surface area contributed by atoms with Crippen molar-refractivity contribution in [3.05, 3.63) is 29.3 Å². The van der Waals surface area contributed by atoms with Crippen LogP contribution < -0.4 is 37.2 Å². The summed E-state index contributed by atoms with van der Waals surface area (Å²) in [6.45, 7) is 4.49. The van der Waals surface area contributed by atoms with Crippen LogP contribution in [-0.2, 0) is 17.8 Å². The van der Waals surface area contributed by atoms with Crippen LogP contribution in [0.4, 0.5) is 10.5 Å². The van der Waals surface area contributed by atoms with E-state index in [0.717, 1.165) is 31.6 Å². The zero-order valence-corrected chi connectivity index (χ0v) is 16.5. The van der Waals surface area contributed by atoms with Crippen molar-refractivity contribution in [2.75, 3.05) is 25.5 Å². The Labute approximate surface area is 165 Å². The van der Waals surface area contributed by atoms with Crippen LogP contribution >= 0.6 is 0 Å². The van der Waals surface area contributed by atoms with E-state index >= 15 is 0 Å². The van der Waals surface area contributed by atoms with Gasteiger partial charge in [-0.2, -0.15) is 0 Å². The minimum absolute atomic E-state index is 0.00404. The summed E-state index contributed by atoms with van der Waals surface area (Å²) in [6, 6.07) is 5.99. The predicted molar refractivity (Wildman–Crippen MR) is 109 cm³/mol. The van der Waals surface area contributed by atoms with Crippen molar-refractivity contribution >= 4 is 17.6 Å². The molecule has 9 heteroatoms. The smallest absolute Gasteiger partial charge is 0.321 e. The van der Waals surface area contributed by atoms with E-state index in [1.54, 1.807) is 7.05 Å². The molecule has 0 aliphatic carbocycles. The van der Waals surface area contributed by atoms with Gasteiger partial charge in [-0.15, -0.1) is 0 Å². The average Bonchev–Trinajstić information content (AvgIpc) is 2.67. The fourth-order valence-corrected chi connectivity index (χ4v) is 3.59. The topological polar surface area (TPSA) is 118 Å². The fourth-order valence-electron chi connectivity index (χ4n) is 3.59. The fraction of sp³-hybridized carbons (Fsp3) is 0.579. The number of hydrogen-bond donors (Lipinski definition) is 7. The summed E-state index contributed by atoms with van der Waals surface area (Å²) in [6.07, 6.45) is 1.90. The van der Waals surface area contributed by atoms with Gasteiger partial charge in [0.1, 0.15) is 6.29 Å². The van der Waals surface area contributed by atoms with Gasteiger partial charge in [-0.25, -0.2) is 4.79 Å². The minimum atomic E-state index is -0.358. The SMILES string of the molecule is CNC(=O)CCNC1CC(C)NC(NC(=O)Nc2ccc3c(c2)CCNC3)N1. The first-order valence-electron chi connectivity index (χ1n) is 9.89. The lowest BCUT2D eigenvalue weighted by Crippen LogP contribution is -2.67. The maximum absolute atomic E-state index is 12.4. The molecule has 1 aromatic carbocycles. The van der Waals surface area contributed by atoms with E-state index in [2.05, 4.69) is 50.2 Å². The lowest BCUT2D eigenvalue weighted by Gasteiger charge is -2.36. The van der Waals surface area contributed by atoms with Crippen LogP contribution in [0, 0.1) is 0 Å². The highest BCUT2D eigenvalue weighted by Gasteiger charge is 2.25. The summed E-state index contributed by atoms with van der Waals surface area (Å²) in [7, 11) is 1.63. The molecule has 0 aromatic heterocycles. The molecule has 1 fully saturated rings. The number of carbonyl (C=O) groups is 2. The van der Waals surface area contributed by atoms with E-state index in [1.165, 1.54) is 11.1 Å². The molecule has 0 bridgehead atoms. The highest BCUT2D eigenvalue weighted by Crippen LogP contribution is 2.19. The second kappa shape index (κ2) is 9.83. The molecular formula is C19H31N7O2. The number of anilines is 1. The van der Waals surface area contributed by atoms with Crippen LogP contribution in [0.25, 0.3) is 0 Å². The van der Waals surface area contributed by atoms with Crippen molar-refractivity contribution in [3.63, 3.8) is 0 Å². The van der Waals surface area contributed by atoms with E-state index in [4.69, 9.17) is 0 Å². The number of fused-ring (bicyclic) bond motifs is 1. The molecule has 0 spiro atoms. The first-order chi connectivity index (χ1) is 13.5. The second-order valence-corrected chi connectivity index (χ2v) is 7.34. The summed E-state index contributed by atoms with van der Waals surface area (Å²) in [4.78, 5) is 23.8. The normalized spacial score (nSPS) is 24.1. The summed E-state index contributed by atoms with van der Waals surface area (Å²) in [5, 5.41) is 21.7. The molecule has 154 valence electrons. The number of benzene rings is 1. The third-order valence-electron chi connectivity index (χ3n) is 5.06. The van der Waals surface area contributed by atoms with Crippen molar-refractivity contribution in [2.45, 2.75) is 51.2 Å². The standard InChI is InChI=1S/C19H31N7O2/c1-12-9-16(22-8-6-17(27)20-2)25-18(23-12)26-19(28)24-15-4-3-14-11-21-7-5-13(14)10-15/h3-4,10,12,16,18,21-23,25H,5-9,11H2,1-2H3,(H,20,27)(H2,24,26,28). The largest absolute Gasteiger partial charge is 0.359 e. The first-order valence-corrected chi connectivity index (χ1v) is 9.89. The Morgan fingerprint density at radius 3 is 2.89 bits per heavy atom. The van der Waals surface area contributed by atoms with Crippen molar-refractivity contribution in [1.82, 2.24) is 31.9 Å². The van der Waals surface area contributed by atoms with Gasteiger partial charge >= 0.3 is 6.03 Å². The van der Waals surface area contributed by atoms with Crippen molar-refractivity contribution in [2.24, 2.45) is 0 Å². The van der Waals surface area contributed by atoms with E-state index < -0.39 is 0 Å². The van der Waals surface area contributed by atoms with Crippen LogP contribution in [0.1, 0.15) is 30.9 Å². The van der Waals surface area contributed by atoms with Gasteiger partial charge in [-0.1, -0.05) is 6.07 Å². The Hall–Kier alpha value is -2.20. The molecule has 9 nitrogen and oxygen atoms in total. The quantitative estimate of drug-likeness (QED) is 0.361. The first kappa shape index (κ1) is 20.5. The second-order valence-electron chi connectivity index (χ2n) is 7.34. The molecule has 2 aliphatic rings. The average molecular weight is 390 g/mol. The van der Waals surface area contributed by atoms with Gasteiger partial charge in [0.25, 0.3) is 0 Å². The summed E-state index contributed by atoms with van der Waals surface area (Å²) >= 11 is 0. The molecule has 3 unspecified atom stereocenters. The van der Waals surface area contributed by atoms with E-state index in [1.807, 2.05) is 12.1 Å². The van der Waals surface area contributed by atoms with Gasteiger partial charge in [-0.3, -0.25) is 15.4 Å². The van der Waals surface area contributed by atoms with Gasteiger partial charge < -0.3 is 26.6 Å². The van der Waals surface area contributed by atoms with Crippen LogP contribution in [0.15, 0.2) is 18.2 Å². The van der Waals surface area contributed by atoms with Crippen LogP contribution in [0.5, 0.6) is 0 Å². The lowest BCUT2D eigenvalue weighted by atomic mass is 10.0. The lowest BCUT2D eigenvalue weighted by molar-refractivity contribution is -0.120. The Morgan fingerprint density at radius 2 is 2.07 bits per heavy atom. The minimum Gasteiger partial charge on any atom is -0.359 e. The molecule has 2 heterocycles. The number of rotatable bonds is 6. The molecule has 3 rings (SSSR count). The van der Waals surface area contributed by atoms with Crippen molar-refractivity contribution in [3.8, 4) is 0 Å². The number of hydrogen-bond acceptors (Lipinski definition) is 6. The number of carbonyl (C=O) groups excluding carboxylic acids is 2. The molecule has 7 N–H and O–H groups in total. The molecule has 0 radical (unpaired) electrons. The summed E-state index contributed by atoms with van der Waals surface area (Å²) < 4.78 is 0. The zero-order valence-electron chi connectivity index (χ0n) is 16.5. The van der Waals surface area contributed by atoms with Crippen molar-refractivity contribution in [1.29, 1.82) is 0 Å². The van der Waals surface area contributed by atoms with Gasteiger partial charge in [0.2, 0.25) is 5.91 Å². The van der Waals surface area contributed by atoms with Crippen LogP contribution in [0.2, 0.25) is 0 Å². The van der Waals surface area contributed by atoms with Gasteiger partial charge in [0, 0.05) is 38.3 Å². The Balaban J connectivity index is 1.48. The molecule has 1 saturated heterocycles. The van der Waals surface area contributed by atoms with Gasteiger partial charge in [0.15, 0.2) is 0 Å². The summed E-state index contributed by atoms with van der Waals surface area (Å²) in [5.74, 6) is 0.00404. The molecule has 2 aliphatic heterocycles. The Morgan fingerprint density at radius 1 is 1.21 bits per heavy atom. The maximum Gasteiger partial charge on any atom is 0.321 e. The molecule has 3 amide bonds. The number of amides is 3.